The number of amides is 2. The molecule has 0 aromatic heterocycles. The maximum Gasteiger partial charge on any atom is 0.410 e. The maximum atomic E-state index is 12.9. The molecule has 0 bridgehead atoms. The minimum atomic E-state index is -0.276. The lowest BCUT2D eigenvalue weighted by Crippen LogP contribution is -2.49. The second-order valence-electron chi connectivity index (χ2n) is 6.19. The van der Waals surface area contributed by atoms with Crippen molar-refractivity contribution in [3.05, 3.63) is 30.1 Å². The number of hydrogen-bond donors (Lipinski definition) is 0. The van der Waals surface area contributed by atoms with E-state index in [1.54, 1.807) is 12.1 Å². The number of rotatable bonds is 4. The van der Waals surface area contributed by atoms with E-state index in [1.165, 1.54) is 23.9 Å². The summed E-state index contributed by atoms with van der Waals surface area (Å²) in [5.41, 5.74) is 0. The number of carbonyl (C=O) groups is 2. The fourth-order valence-corrected chi connectivity index (χ4v) is 4.00. The van der Waals surface area contributed by atoms with E-state index in [0.717, 1.165) is 17.7 Å². The van der Waals surface area contributed by atoms with Gasteiger partial charge in [0.15, 0.2) is 0 Å². The number of benzene rings is 1. The number of piperidine rings is 1. The van der Waals surface area contributed by atoms with Crippen LogP contribution in [0.4, 0.5) is 9.18 Å². The second kappa shape index (κ2) is 7.42. The summed E-state index contributed by atoms with van der Waals surface area (Å²) >= 11 is 1.42. The molecule has 7 heteroatoms. The van der Waals surface area contributed by atoms with Crippen LogP contribution in [0.3, 0.4) is 0 Å². The van der Waals surface area contributed by atoms with Crippen molar-refractivity contribution < 1.29 is 18.7 Å². The number of nitrogens with zero attached hydrogens (tertiary/aromatic N) is 2. The fourth-order valence-electron chi connectivity index (χ4n) is 3.20. The smallest absolute Gasteiger partial charge is 0.410 e. The highest BCUT2D eigenvalue weighted by molar-refractivity contribution is 8.00. The molecule has 0 radical (unpaired) electrons. The zero-order valence-electron chi connectivity index (χ0n) is 13.6. The molecule has 5 nitrogen and oxygen atoms in total. The van der Waals surface area contributed by atoms with Gasteiger partial charge in [0.05, 0.1) is 11.8 Å². The van der Waals surface area contributed by atoms with E-state index in [1.807, 2.05) is 16.7 Å². The molecule has 24 heavy (non-hydrogen) atoms. The van der Waals surface area contributed by atoms with Gasteiger partial charge < -0.3 is 9.64 Å². The molecule has 2 amide bonds. The standard InChI is InChI=1S/C17H21FN2O3S/c1-12-10-23-17(22)20(12)14-6-8-19(9-7-14)16(21)11-24-15-4-2-13(18)3-5-15/h2-5,12,14H,6-11H2,1H3. The van der Waals surface area contributed by atoms with Crippen LogP contribution in [-0.2, 0) is 9.53 Å². The van der Waals surface area contributed by atoms with Crippen LogP contribution in [-0.4, -0.2) is 59.3 Å². The van der Waals surface area contributed by atoms with Crippen LogP contribution < -0.4 is 0 Å². The Kier molecular flexibility index (Phi) is 5.28. The lowest BCUT2D eigenvalue weighted by atomic mass is 10.0. The van der Waals surface area contributed by atoms with Crippen molar-refractivity contribution in [1.29, 1.82) is 0 Å². The number of hydrogen-bond acceptors (Lipinski definition) is 4. The predicted molar refractivity (Wildman–Crippen MR) is 89.4 cm³/mol. The van der Waals surface area contributed by atoms with Crippen LogP contribution in [0.5, 0.6) is 0 Å². The molecular weight excluding hydrogens is 331 g/mol. The molecule has 1 atom stereocenters. The summed E-state index contributed by atoms with van der Waals surface area (Å²) in [5, 5.41) is 0. The molecule has 3 rings (SSSR count). The quantitative estimate of drug-likeness (QED) is 0.782. The minimum Gasteiger partial charge on any atom is -0.447 e. The number of thioether (sulfide) groups is 1. The van der Waals surface area contributed by atoms with Gasteiger partial charge in [0, 0.05) is 24.0 Å². The van der Waals surface area contributed by atoms with E-state index >= 15 is 0 Å². The minimum absolute atomic E-state index is 0.0832. The summed E-state index contributed by atoms with van der Waals surface area (Å²) in [7, 11) is 0. The number of halogens is 1. The van der Waals surface area contributed by atoms with Gasteiger partial charge in [-0.2, -0.15) is 0 Å². The van der Waals surface area contributed by atoms with Gasteiger partial charge in [0.1, 0.15) is 12.4 Å². The number of ether oxygens (including phenoxy) is 1. The summed E-state index contributed by atoms with van der Waals surface area (Å²) in [5.74, 6) is 0.153. The third-order valence-electron chi connectivity index (χ3n) is 4.52. The van der Waals surface area contributed by atoms with Gasteiger partial charge in [0.25, 0.3) is 0 Å². The van der Waals surface area contributed by atoms with Crippen molar-refractivity contribution in [1.82, 2.24) is 9.80 Å². The van der Waals surface area contributed by atoms with Gasteiger partial charge >= 0.3 is 6.09 Å². The predicted octanol–water partition coefficient (Wildman–Crippen LogP) is 2.75. The Morgan fingerprint density at radius 2 is 1.96 bits per heavy atom. The molecule has 0 spiro atoms. The molecule has 2 fully saturated rings. The zero-order chi connectivity index (χ0) is 17.1. The van der Waals surface area contributed by atoms with E-state index in [0.29, 0.717) is 25.4 Å². The van der Waals surface area contributed by atoms with Crippen molar-refractivity contribution in [2.45, 2.75) is 36.7 Å². The lowest BCUT2D eigenvalue weighted by Gasteiger charge is -2.37. The Morgan fingerprint density at radius 3 is 2.54 bits per heavy atom. The molecule has 130 valence electrons. The highest BCUT2D eigenvalue weighted by atomic mass is 32.2. The summed E-state index contributed by atoms with van der Waals surface area (Å²) in [6.07, 6.45) is 1.33. The normalized spacial score (nSPS) is 21.9. The van der Waals surface area contributed by atoms with Crippen molar-refractivity contribution >= 4 is 23.8 Å². The van der Waals surface area contributed by atoms with Crippen molar-refractivity contribution in [2.24, 2.45) is 0 Å². The van der Waals surface area contributed by atoms with Crippen molar-refractivity contribution in [3.63, 3.8) is 0 Å². The largest absolute Gasteiger partial charge is 0.447 e. The van der Waals surface area contributed by atoms with Gasteiger partial charge in [-0.3, -0.25) is 9.69 Å². The molecular formula is C17H21FN2O3S. The third-order valence-corrected chi connectivity index (χ3v) is 5.52. The number of carbonyl (C=O) groups excluding carboxylic acids is 2. The van der Waals surface area contributed by atoms with Crippen molar-refractivity contribution in [2.75, 3.05) is 25.4 Å². The van der Waals surface area contributed by atoms with Crippen LogP contribution in [0, 0.1) is 5.82 Å². The van der Waals surface area contributed by atoms with Crippen LogP contribution in [0.25, 0.3) is 0 Å². The van der Waals surface area contributed by atoms with E-state index in [9.17, 15) is 14.0 Å². The third kappa shape index (κ3) is 3.83. The Morgan fingerprint density at radius 1 is 1.29 bits per heavy atom. The zero-order valence-corrected chi connectivity index (χ0v) is 14.4. The van der Waals surface area contributed by atoms with E-state index < -0.39 is 0 Å². The first-order valence-corrected chi connectivity index (χ1v) is 9.14. The van der Waals surface area contributed by atoms with Crippen LogP contribution in [0.2, 0.25) is 0 Å². The number of likely N-dealkylation sites (tertiary alicyclic amines) is 1. The van der Waals surface area contributed by atoms with E-state index in [-0.39, 0.29) is 29.9 Å². The SMILES string of the molecule is CC1COC(=O)N1C1CCN(C(=O)CSc2ccc(F)cc2)CC1. The summed E-state index contributed by atoms with van der Waals surface area (Å²) in [4.78, 5) is 28.6. The Hall–Kier alpha value is -1.76. The van der Waals surface area contributed by atoms with Gasteiger partial charge in [-0.25, -0.2) is 9.18 Å². The first-order chi connectivity index (χ1) is 11.5. The van der Waals surface area contributed by atoms with Gasteiger partial charge in [0.2, 0.25) is 5.91 Å². The van der Waals surface area contributed by atoms with Gasteiger partial charge in [-0.05, 0) is 44.0 Å². The Bertz CT molecular complexity index is 602. The van der Waals surface area contributed by atoms with Crippen LogP contribution in [0.1, 0.15) is 19.8 Å². The highest BCUT2D eigenvalue weighted by Gasteiger charge is 2.37. The molecule has 2 heterocycles. The maximum absolute atomic E-state index is 12.9. The average molecular weight is 352 g/mol. The lowest BCUT2D eigenvalue weighted by molar-refractivity contribution is -0.129. The van der Waals surface area contributed by atoms with Crippen molar-refractivity contribution in [3.8, 4) is 0 Å². The van der Waals surface area contributed by atoms with Crippen LogP contribution >= 0.6 is 11.8 Å². The van der Waals surface area contributed by atoms with Crippen LogP contribution in [0.15, 0.2) is 29.2 Å². The molecule has 1 aromatic rings. The molecule has 2 aliphatic rings. The van der Waals surface area contributed by atoms with Gasteiger partial charge in [-0.1, -0.05) is 0 Å². The fraction of sp³-hybridized carbons (Fsp3) is 0.529. The average Bonchev–Trinajstić information content (AvgIpc) is 2.93. The van der Waals surface area contributed by atoms with E-state index in [2.05, 4.69) is 0 Å². The molecule has 0 N–H and O–H groups in total. The highest BCUT2D eigenvalue weighted by Crippen LogP contribution is 2.25. The second-order valence-corrected chi connectivity index (χ2v) is 7.24. The number of cyclic esters (lactones) is 1. The summed E-state index contributed by atoms with van der Waals surface area (Å²) in [6.45, 7) is 3.75. The first-order valence-electron chi connectivity index (χ1n) is 8.16. The molecule has 1 unspecified atom stereocenters. The topological polar surface area (TPSA) is 49.9 Å². The molecule has 2 aliphatic heterocycles. The molecule has 2 saturated heterocycles. The monoisotopic (exact) mass is 352 g/mol. The van der Waals surface area contributed by atoms with E-state index in [4.69, 9.17) is 4.74 Å². The summed E-state index contributed by atoms with van der Waals surface area (Å²) < 4.78 is 18.0. The molecule has 0 saturated carbocycles. The first kappa shape index (κ1) is 17.1. The molecule has 1 aromatic carbocycles. The van der Waals surface area contributed by atoms with Gasteiger partial charge in [-0.15, -0.1) is 11.8 Å². The Labute approximate surface area is 145 Å². The Balaban J connectivity index is 1.46. The summed E-state index contributed by atoms with van der Waals surface area (Å²) in [6, 6.07) is 6.42. The molecule has 0 aliphatic carbocycles.